The van der Waals surface area contributed by atoms with Gasteiger partial charge in [0.25, 0.3) is 0 Å². The molecule has 2 aromatic rings. The third-order valence-corrected chi connectivity index (χ3v) is 2.63. The lowest BCUT2D eigenvalue weighted by atomic mass is 10.3. The molecule has 5 nitrogen and oxygen atoms in total. The molecule has 1 heterocycles. The number of hydrogen-bond donors (Lipinski definition) is 3. The van der Waals surface area contributed by atoms with Crippen molar-refractivity contribution in [2.75, 3.05) is 16.4 Å². The second-order valence-corrected chi connectivity index (χ2v) is 4.55. The predicted molar refractivity (Wildman–Crippen MR) is 77.8 cm³/mol. The number of carbonyl (C=O) groups is 1. The number of rotatable bonds is 2. The van der Waals surface area contributed by atoms with Crippen LogP contribution in [-0.2, 0) is 0 Å². The number of amides is 2. The minimum absolute atomic E-state index is 0.285. The SMILES string of the molecule is Nc1cccnc1NC(=O)Nc1cc(Cl)cc(Cl)c1. The summed E-state index contributed by atoms with van der Waals surface area (Å²) in [6.07, 6.45) is 1.53. The summed E-state index contributed by atoms with van der Waals surface area (Å²) in [6, 6.07) is 7.56. The highest BCUT2D eigenvalue weighted by Gasteiger charge is 2.07. The largest absolute Gasteiger partial charge is 0.396 e. The van der Waals surface area contributed by atoms with Gasteiger partial charge in [-0.05, 0) is 30.3 Å². The highest BCUT2D eigenvalue weighted by molar-refractivity contribution is 6.35. The van der Waals surface area contributed by atoms with E-state index in [0.29, 0.717) is 21.4 Å². The van der Waals surface area contributed by atoms with Crippen molar-refractivity contribution in [2.24, 2.45) is 0 Å². The van der Waals surface area contributed by atoms with Gasteiger partial charge < -0.3 is 11.1 Å². The fourth-order valence-electron chi connectivity index (χ4n) is 1.42. The molecule has 98 valence electrons. The van der Waals surface area contributed by atoms with Gasteiger partial charge in [0.05, 0.1) is 5.69 Å². The van der Waals surface area contributed by atoms with Crippen molar-refractivity contribution >= 4 is 46.4 Å². The number of aromatic nitrogens is 1. The summed E-state index contributed by atoms with van der Waals surface area (Å²) in [4.78, 5) is 15.7. The molecule has 0 atom stereocenters. The van der Waals surface area contributed by atoms with Crippen LogP contribution in [0.3, 0.4) is 0 Å². The highest BCUT2D eigenvalue weighted by atomic mass is 35.5. The molecule has 1 aromatic carbocycles. The van der Waals surface area contributed by atoms with Crippen molar-refractivity contribution in [1.29, 1.82) is 0 Å². The Morgan fingerprint density at radius 3 is 2.47 bits per heavy atom. The Labute approximate surface area is 119 Å². The minimum Gasteiger partial charge on any atom is -0.396 e. The topological polar surface area (TPSA) is 80.0 Å². The van der Waals surface area contributed by atoms with E-state index in [1.54, 1.807) is 30.3 Å². The Hall–Kier alpha value is -1.98. The molecule has 0 spiro atoms. The molecule has 0 aliphatic carbocycles. The highest BCUT2D eigenvalue weighted by Crippen LogP contribution is 2.22. The van der Waals surface area contributed by atoms with Crippen LogP contribution in [-0.4, -0.2) is 11.0 Å². The van der Waals surface area contributed by atoms with Gasteiger partial charge in [-0.25, -0.2) is 9.78 Å². The maximum atomic E-state index is 11.8. The van der Waals surface area contributed by atoms with Gasteiger partial charge in [-0.3, -0.25) is 5.32 Å². The zero-order chi connectivity index (χ0) is 13.8. The van der Waals surface area contributed by atoms with E-state index in [1.807, 2.05) is 0 Å². The Kier molecular flexibility index (Phi) is 4.09. The van der Waals surface area contributed by atoms with Crippen molar-refractivity contribution in [3.63, 3.8) is 0 Å². The predicted octanol–water partition coefficient (Wildman–Crippen LogP) is 3.61. The molecule has 2 amide bonds. The zero-order valence-corrected chi connectivity index (χ0v) is 11.2. The number of nitrogens with two attached hydrogens (primary N) is 1. The molecule has 0 saturated carbocycles. The summed E-state index contributed by atoms with van der Waals surface area (Å²) >= 11 is 11.7. The normalized spacial score (nSPS) is 10.0. The number of nitrogens with one attached hydrogen (secondary N) is 2. The number of urea groups is 1. The second kappa shape index (κ2) is 5.77. The van der Waals surface area contributed by atoms with Crippen LogP contribution in [0.5, 0.6) is 0 Å². The molecule has 2 rings (SSSR count). The van der Waals surface area contributed by atoms with Gasteiger partial charge in [-0.15, -0.1) is 0 Å². The van der Waals surface area contributed by atoms with Crippen molar-refractivity contribution in [3.8, 4) is 0 Å². The van der Waals surface area contributed by atoms with Gasteiger partial charge in [0.1, 0.15) is 0 Å². The van der Waals surface area contributed by atoms with Crippen LogP contribution >= 0.6 is 23.2 Å². The summed E-state index contributed by atoms with van der Waals surface area (Å²) in [6.45, 7) is 0. The van der Waals surface area contributed by atoms with E-state index in [-0.39, 0.29) is 5.82 Å². The van der Waals surface area contributed by atoms with Crippen LogP contribution in [0.4, 0.5) is 22.0 Å². The number of benzene rings is 1. The molecule has 1 aromatic heterocycles. The van der Waals surface area contributed by atoms with E-state index in [0.717, 1.165) is 0 Å². The lowest BCUT2D eigenvalue weighted by Gasteiger charge is -2.09. The fraction of sp³-hybridized carbons (Fsp3) is 0. The Morgan fingerprint density at radius 2 is 1.84 bits per heavy atom. The van der Waals surface area contributed by atoms with Gasteiger partial charge in [0.15, 0.2) is 5.82 Å². The number of halogens is 2. The monoisotopic (exact) mass is 296 g/mol. The first-order valence-electron chi connectivity index (χ1n) is 5.29. The van der Waals surface area contributed by atoms with Crippen molar-refractivity contribution in [3.05, 3.63) is 46.6 Å². The molecule has 0 radical (unpaired) electrons. The van der Waals surface area contributed by atoms with Crippen LogP contribution in [0.15, 0.2) is 36.5 Å². The molecular weight excluding hydrogens is 287 g/mol. The molecule has 0 bridgehead atoms. The maximum absolute atomic E-state index is 11.8. The van der Waals surface area contributed by atoms with E-state index in [4.69, 9.17) is 28.9 Å². The van der Waals surface area contributed by atoms with Gasteiger partial charge in [-0.1, -0.05) is 23.2 Å². The molecule has 19 heavy (non-hydrogen) atoms. The van der Waals surface area contributed by atoms with Gasteiger partial charge in [0.2, 0.25) is 0 Å². The molecule has 0 aliphatic heterocycles. The maximum Gasteiger partial charge on any atom is 0.324 e. The van der Waals surface area contributed by atoms with Gasteiger partial charge in [0, 0.05) is 21.9 Å². The number of hydrogen-bond acceptors (Lipinski definition) is 3. The van der Waals surface area contributed by atoms with Crippen LogP contribution in [0.2, 0.25) is 10.0 Å². The van der Waals surface area contributed by atoms with Crippen molar-refractivity contribution in [1.82, 2.24) is 4.98 Å². The van der Waals surface area contributed by atoms with Crippen LogP contribution in [0.1, 0.15) is 0 Å². The van der Waals surface area contributed by atoms with Crippen molar-refractivity contribution in [2.45, 2.75) is 0 Å². The molecule has 0 fully saturated rings. The minimum atomic E-state index is -0.483. The Morgan fingerprint density at radius 1 is 1.16 bits per heavy atom. The smallest absolute Gasteiger partial charge is 0.324 e. The first-order valence-corrected chi connectivity index (χ1v) is 6.05. The molecule has 7 heteroatoms. The summed E-state index contributed by atoms with van der Waals surface area (Å²) < 4.78 is 0. The first kappa shape index (κ1) is 13.5. The van der Waals surface area contributed by atoms with E-state index < -0.39 is 6.03 Å². The average Bonchev–Trinajstić information content (AvgIpc) is 2.30. The summed E-state index contributed by atoms with van der Waals surface area (Å²) in [5, 5.41) is 5.97. The van der Waals surface area contributed by atoms with Gasteiger partial charge in [-0.2, -0.15) is 0 Å². The van der Waals surface area contributed by atoms with Crippen LogP contribution < -0.4 is 16.4 Å². The number of pyridine rings is 1. The van der Waals surface area contributed by atoms with E-state index in [2.05, 4.69) is 15.6 Å². The molecule has 0 aliphatic rings. The first-order chi connectivity index (χ1) is 9.04. The summed E-state index contributed by atoms with van der Waals surface area (Å²) in [5.74, 6) is 0.285. The second-order valence-electron chi connectivity index (χ2n) is 3.68. The number of nitrogens with zero attached hydrogens (tertiary/aromatic N) is 1. The average molecular weight is 297 g/mol. The third kappa shape index (κ3) is 3.74. The number of anilines is 3. The molecule has 0 saturated heterocycles. The summed E-state index contributed by atoms with van der Waals surface area (Å²) in [7, 11) is 0. The Balaban J connectivity index is 2.07. The van der Waals surface area contributed by atoms with Crippen molar-refractivity contribution < 1.29 is 4.79 Å². The lowest BCUT2D eigenvalue weighted by molar-refractivity contribution is 0.262. The fourth-order valence-corrected chi connectivity index (χ4v) is 1.94. The molecule has 0 unspecified atom stereocenters. The zero-order valence-electron chi connectivity index (χ0n) is 9.65. The van der Waals surface area contributed by atoms with Gasteiger partial charge >= 0.3 is 6.03 Å². The molecular formula is C12H10Cl2N4O. The molecule has 4 N–H and O–H groups in total. The van der Waals surface area contributed by atoms with E-state index in [9.17, 15) is 4.79 Å². The standard InChI is InChI=1S/C12H10Cl2N4O/c13-7-4-8(14)6-9(5-7)17-12(19)18-11-10(15)2-1-3-16-11/h1-6H,15H2,(H2,16,17,18,19). The lowest BCUT2D eigenvalue weighted by Crippen LogP contribution is -2.20. The van der Waals surface area contributed by atoms with Crippen LogP contribution in [0.25, 0.3) is 0 Å². The van der Waals surface area contributed by atoms with E-state index >= 15 is 0 Å². The summed E-state index contributed by atoms with van der Waals surface area (Å²) in [5.41, 5.74) is 6.52. The number of carbonyl (C=O) groups excluding carboxylic acids is 1. The third-order valence-electron chi connectivity index (χ3n) is 2.19. The number of nitrogen functional groups attached to an aromatic ring is 1. The van der Waals surface area contributed by atoms with Crippen LogP contribution in [0, 0.1) is 0 Å². The van der Waals surface area contributed by atoms with E-state index in [1.165, 1.54) is 6.20 Å². The quantitative estimate of drug-likeness (QED) is 0.792. The Bertz CT molecular complexity index is 598.